The summed E-state index contributed by atoms with van der Waals surface area (Å²) in [5, 5.41) is 1.94. The van der Waals surface area contributed by atoms with E-state index in [1.165, 1.54) is 30.6 Å². The van der Waals surface area contributed by atoms with Crippen molar-refractivity contribution < 1.29 is 9.53 Å². The van der Waals surface area contributed by atoms with Crippen molar-refractivity contribution in [2.24, 2.45) is 0 Å². The second kappa shape index (κ2) is 9.37. The van der Waals surface area contributed by atoms with E-state index in [0.717, 1.165) is 24.3 Å². The summed E-state index contributed by atoms with van der Waals surface area (Å²) in [6.07, 6.45) is 6.40. The van der Waals surface area contributed by atoms with Crippen LogP contribution in [0.4, 0.5) is 0 Å². The first-order valence-electron chi connectivity index (χ1n) is 6.49. The van der Waals surface area contributed by atoms with Crippen molar-refractivity contribution in [2.75, 3.05) is 13.2 Å². The van der Waals surface area contributed by atoms with Crippen molar-refractivity contribution in [3.63, 3.8) is 0 Å². The van der Waals surface area contributed by atoms with E-state index in [1.807, 2.05) is 17.5 Å². The lowest BCUT2D eigenvalue weighted by molar-refractivity contribution is 0.0937. The maximum Gasteiger partial charge on any atom is 0.172 e. The first-order valence-corrected chi connectivity index (χ1v) is 7.37. The molecular weight excluding hydrogens is 232 g/mol. The normalized spacial score (nSPS) is 10.6. The van der Waals surface area contributed by atoms with E-state index >= 15 is 0 Å². The van der Waals surface area contributed by atoms with Crippen molar-refractivity contribution in [2.45, 2.75) is 45.4 Å². The van der Waals surface area contributed by atoms with Gasteiger partial charge in [0.25, 0.3) is 0 Å². The molecule has 0 atom stereocenters. The number of unbranched alkanes of at least 4 members (excludes halogenated alkanes) is 3. The Bertz CT molecular complexity index is 293. The fourth-order valence-electron chi connectivity index (χ4n) is 1.63. The molecule has 0 unspecified atom stereocenters. The summed E-state index contributed by atoms with van der Waals surface area (Å²) >= 11 is 1.52. The summed E-state index contributed by atoms with van der Waals surface area (Å²) < 4.78 is 5.50. The molecule has 2 nitrogen and oxygen atoms in total. The summed E-state index contributed by atoms with van der Waals surface area (Å²) in [6.45, 7) is 3.76. The van der Waals surface area contributed by atoms with Crippen molar-refractivity contribution >= 4 is 17.1 Å². The highest BCUT2D eigenvalue weighted by Gasteiger charge is 2.05. The van der Waals surface area contributed by atoms with Gasteiger partial charge in [-0.3, -0.25) is 4.79 Å². The van der Waals surface area contributed by atoms with Gasteiger partial charge in [0.2, 0.25) is 0 Å². The third-order valence-electron chi connectivity index (χ3n) is 2.63. The first kappa shape index (κ1) is 14.4. The molecule has 1 aromatic heterocycles. The van der Waals surface area contributed by atoms with Crippen molar-refractivity contribution in [3.05, 3.63) is 22.4 Å². The highest BCUT2D eigenvalue weighted by molar-refractivity contribution is 7.12. The molecule has 0 radical (unpaired) electrons. The lowest BCUT2D eigenvalue weighted by Crippen LogP contribution is -2.01. The van der Waals surface area contributed by atoms with Gasteiger partial charge >= 0.3 is 0 Å². The molecular formula is C14H22O2S. The minimum absolute atomic E-state index is 0.245. The van der Waals surface area contributed by atoms with Gasteiger partial charge in [-0.15, -0.1) is 11.3 Å². The second-order valence-corrected chi connectivity index (χ2v) is 5.12. The average molecular weight is 254 g/mol. The smallest absolute Gasteiger partial charge is 0.172 e. The third kappa shape index (κ3) is 6.59. The molecule has 0 aliphatic carbocycles. The van der Waals surface area contributed by atoms with Crippen molar-refractivity contribution in [1.82, 2.24) is 0 Å². The van der Waals surface area contributed by atoms with Crippen LogP contribution in [0.15, 0.2) is 17.5 Å². The Kier molecular flexibility index (Phi) is 7.93. The predicted octanol–water partition coefficient (Wildman–Crippen LogP) is 4.31. The highest BCUT2D eigenvalue weighted by Crippen LogP contribution is 2.12. The van der Waals surface area contributed by atoms with E-state index in [0.29, 0.717) is 13.0 Å². The topological polar surface area (TPSA) is 26.3 Å². The Balaban J connectivity index is 1.92. The summed E-state index contributed by atoms with van der Waals surface area (Å²) in [4.78, 5) is 12.5. The average Bonchev–Trinajstić information content (AvgIpc) is 2.86. The summed E-state index contributed by atoms with van der Waals surface area (Å²) in [5.41, 5.74) is 0. The predicted molar refractivity (Wildman–Crippen MR) is 72.8 cm³/mol. The van der Waals surface area contributed by atoms with Crippen molar-refractivity contribution in [3.8, 4) is 0 Å². The van der Waals surface area contributed by atoms with Crippen LogP contribution in [0.1, 0.15) is 55.1 Å². The van der Waals surface area contributed by atoms with Gasteiger partial charge in [0.15, 0.2) is 5.78 Å². The maximum atomic E-state index is 11.6. The SMILES string of the molecule is CCCCCCOCCCC(=O)c1cccs1. The van der Waals surface area contributed by atoms with Crippen LogP contribution in [0.25, 0.3) is 0 Å². The molecule has 0 bridgehead atoms. The molecule has 0 aliphatic heterocycles. The van der Waals surface area contributed by atoms with E-state index in [2.05, 4.69) is 6.92 Å². The summed E-state index contributed by atoms with van der Waals surface area (Å²) in [6, 6.07) is 3.81. The maximum absolute atomic E-state index is 11.6. The molecule has 0 saturated heterocycles. The van der Waals surface area contributed by atoms with Gasteiger partial charge in [-0.05, 0) is 24.3 Å². The third-order valence-corrected chi connectivity index (χ3v) is 3.54. The Morgan fingerprint density at radius 3 is 2.76 bits per heavy atom. The fourth-order valence-corrected chi connectivity index (χ4v) is 2.32. The van der Waals surface area contributed by atoms with Crippen LogP contribution >= 0.6 is 11.3 Å². The van der Waals surface area contributed by atoms with Crippen LogP contribution < -0.4 is 0 Å². The zero-order chi connectivity index (χ0) is 12.3. The number of ketones is 1. The van der Waals surface area contributed by atoms with Crippen LogP contribution in [0.5, 0.6) is 0 Å². The van der Waals surface area contributed by atoms with Gasteiger partial charge in [-0.2, -0.15) is 0 Å². The summed E-state index contributed by atoms with van der Waals surface area (Å²) in [5.74, 6) is 0.245. The van der Waals surface area contributed by atoms with E-state index in [-0.39, 0.29) is 5.78 Å². The molecule has 0 spiro atoms. The molecule has 3 heteroatoms. The molecule has 96 valence electrons. The molecule has 0 saturated carbocycles. The number of hydrogen-bond donors (Lipinski definition) is 0. The zero-order valence-electron chi connectivity index (χ0n) is 10.6. The van der Waals surface area contributed by atoms with Crippen LogP contribution in [0.2, 0.25) is 0 Å². The minimum atomic E-state index is 0.245. The lowest BCUT2D eigenvalue weighted by atomic mass is 10.2. The quantitative estimate of drug-likeness (QED) is 0.459. The number of hydrogen-bond acceptors (Lipinski definition) is 3. The van der Waals surface area contributed by atoms with Crippen molar-refractivity contribution in [1.29, 1.82) is 0 Å². The molecule has 17 heavy (non-hydrogen) atoms. The van der Waals surface area contributed by atoms with Crippen LogP contribution in [-0.4, -0.2) is 19.0 Å². The van der Waals surface area contributed by atoms with Gasteiger partial charge in [-0.25, -0.2) is 0 Å². The van der Waals surface area contributed by atoms with Gasteiger partial charge in [0, 0.05) is 19.6 Å². The molecule has 0 amide bonds. The minimum Gasteiger partial charge on any atom is -0.381 e. The van der Waals surface area contributed by atoms with E-state index < -0.39 is 0 Å². The fraction of sp³-hybridized carbons (Fsp3) is 0.643. The highest BCUT2D eigenvalue weighted by atomic mass is 32.1. The Hall–Kier alpha value is -0.670. The molecule has 1 rings (SSSR count). The van der Waals surface area contributed by atoms with E-state index in [1.54, 1.807) is 0 Å². The molecule has 0 aromatic carbocycles. The standard InChI is InChI=1S/C14H22O2S/c1-2-3-4-5-10-16-11-6-8-13(15)14-9-7-12-17-14/h7,9,12H,2-6,8,10-11H2,1H3. The van der Waals surface area contributed by atoms with Crippen LogP contribution in [0.3, 0.4) is 0 Å². The van der Waals surface area contributed by atoms with E-state index in [4.69, 9.17) is 4.74 Å². The number of rotatable bonds is 10. The number of carbonyl (C=O) groups excluding carboxylic acids is 1. The first-order chi connectivity index (χ1) is 8.34. The Morgan fingerprint density at radius 2 is 2.06 bits per heavy atom. The zero-order valence-corrected chi connectivity index (χ0v) is 11.4. The summed E-state index contributed by atoms with van der Waals surface area (Å²) in [7, 11) is 0. The molecule has 0 aliphatic rings. The van der Waals surface area contributed by atoms with Gasteiger partial charge < -0.3 is 4.74 Å². The number of carbonyl (C=O) groups is 1. The molecule has 0 N–H and O–H groups in total. The lowest BCUT2D eigenvalue weighted by Gasteiger charge is -2.03. The number of ether oxygens (including phenoxy) is 1. The molecule has 1 aromatic rings. The van der Waals surface area contributed by atoms with Gasteiger partial charge in [-0.1, -0.05) is 32.3 Å². The Labute approximate surface area is 108 Å². The largest absolute Gasteiger partial charge is 0.381 e. The number of Topliss-reactive ketones (excluding diaryl/α,β-unsaturated/α-hetero) is 1. The monoisotopic (exact) mass is 254 g/mol. The Morgan fingerprint density at radius 1 is 1.24 bits per heavy atom. The van der Waals surface area contributed by atoms with Gasteiger partial charge in [0.1, 0.15) is 0 Å². The van der Waals surface area contributed by atoms with E-state index in [9.17, 15) is 4.79 Å². The van der Waals surface area contributed by atoms with Crippen LogP contribution in [0, 0.1) is 0 Å². The van der Waals surface area contributed by atoms with Gasteiger partial charge in [0.05, 0.1) is 4.88 Å². The molecule has 0 fully saturated rings. The number of thiophene rings is 1. The molecule has 1 heterocycles. The van der Waals surface area contributed by atoms with Crippen LogP contribution in [-0.2, 0) is 4.74 Å². The second-order valence-electron chi connectivity index (χ2n) is 4.18.